The molecule has 1 amide bonds. The fraction of sp³-hybridized carbons (Fsp3) is 0.353. The topological polar surface area (TPSA) is 71.8 Å². The summed E-state index contributed by atoms with van der Waals surface area (Å²) in [5.41, 5.74) is 2.29. The van der Waals surface area contributed by atoms with Crippen LogP contribution in [0.5, 0.6) is 0 Å². The highest BCUT2D eigenvalue weighted by Crippen LogP contribution is 2.36. The Hall–Kier alpha value is -2.28. The predicted molar refractivity (Wildman–Crippen MR) is 97.1 cm³/mol. The zero-order chi connectivity index (χ0) is 17.3. The van der Waals surface area contributed by atoms with E-state index in [4.69, 9.17) is 0 Å². The highest BCUT2D eigenvalue weighted by Gasteiger charge is 2.34. The molecule has 0 spiro atoms. The molecule has 3 rings (SSSR count). The van der Waals surface area contributed by atoms with E-state index >= 15 is 0 Å². The number of carbonyl (C=O) groups excluding carboxylic acids is 1. The molecule has 6 nitrogen and oxygen atoms in total. The van der Waals surface area contributed by atoms with Crippen LogP contribution in [0.4, 0.5) is 11.6 Å². The van der Waals surface area contributed by atoms with Crippen molar-refractivity contribution in [1.29, 1.82) is 0 Å². The number of amides is 1. The van der Waals surface area contributed by atoms with Gasteiger partial charge in [0.1, 0.15) is 0 Å². The summed E-state index contributed by atoms with van der Waals surface area (Å²) in [5.74, 6) is 0.775. The quantitative estimate of drug-likeness (QED) is 0.831. The van der Waals surface area contributed by atoms with Crippen LogP contribution in [0.2, 0.25) is 0 Å². The third kappa shape index (κ3) is 3.03. The summed E-state index contributed by atoms with van der Waals surface area (Å²) >= 11 is 1.49. The molecule has 7 heteroatoms. The Kier molecular flexibility index (Phi) is 4.62. The number of allylic oxidation sites excluding steroid dienone is 1. The maximum absolute atomic E-state index is 12.9. The van der Waals surface area contributed by atoms with Crippen molar-refractivity contribution in [2.24, 2.45) is 5.92 Å². The standard InChI is InChI=1S/C17H21N5OS/c1-10(2)14-13(15(23)19-12-8-6-5-7-9-12)11(3)18-16-20-17(24-4)21-22(14)16/h5-10,14H,1-4H3,(H,19,23)(H,18,20,21)/t14-/m1/s1. The van der Waals surface area contributed by atoms with Gasteiger partial charge >= 0.3 is 0 Å². The van der Waals surface area contributed by atoms with E-state index in [1.165, 1.54) is 11.8 Å². The number of aromatic nitrogens is 3. The molecule has 126 valence electrons. The molecule has 0 radical (unpaired) electrons. The lowest BCUT2D eigenvalue weighted by molar-refractivity contribution is -0.113. The molecule has 0 saturated heterocycles. The lowest BCUT2D eigenvalue weighted by Crippen LogP contribution is -2.33. The Labute approximate surface area is 145 Å². The van der Waals surface area contributed by atoms with E-state index in [0.29, 0.717) is 16.7 Å². The Morgan fingerprint density at radius 1 is 1.33 bits per heavy atom. The van der Waals surface area contributed by atoms with E-state index in [1.807, 2.05) is 48.2 Å². The lowest BCUT2D eigenvalue weighted by atomic mass is 9.92. The van der Waals surface area contributed by atoms with E-state index in [0.717, 1.165) is 11.4 Å². The van der Waals surface area contributed by atoms with Crippen molar-refractivity contribution >= 4 is 29.3 Å². The second-order valence-electron chi connectivity index (χ2n) is 6.04. The molecule has 1 aliphatic heterocycles. The van der Waals surface area contributed by atoms with Gasteiger partial charge in [-0.25, -0.2) is 4.68 Å². The molecule has 1 aromatic carbocycles. The highest BCUT2D eigenvalue weighted by molar-refractivity contribution is 7.98. The minimum Gasteiger partial charge on any atom is -0.328 e. The molecule has 1 aliphatic rings. The van der Waals surface area contributed by atoms with Gasteiger partial charge in [-0.05, 0) is 31.2 Å². The fourth-order valence-electron chi connectivity index (χ4n) is 2.89. The first-order valence-corrected chi connectivity index (χ1v) is 9.08. The molecule has 2 N–H and O–H groups in total. The van der Waals surface area contributed by atoms with Crippen LogP contribution in [0.1, 0.15) is 26.8 Å². The van der Waals surface area contributed by atoms with Crippen LogP contribution in [0.25, 0.3) is 0 Å². The zero-order valence-corrected chi connectivity index (χ0v) is 15.0. The van der Waals surface area contributed by atoms with Gasteiger partial charge < -0.3 is 10.6 Å². The van der Waals surface area contributed by atoms with E-state index in [1.54, 1.807) is 0 Å². The van der Waals surface area contributed by atoms with Crippen molar-refractivity contribution < 1.29 is 4.79 Å². The normalized spacial score (nSPS) is 16.8. The van der Waals surface area contributed by atoms with Gasteiger partial charge in [-0.3, -0.25) is 4.79 Å². The SMILES string of the molecule is CSc1nc2n(n1)[C@H](C(C)C)C(C(=O)Nc1ccccc1)=C(C)N2. The first kappa shape index (κ1) is 16.6. The highest BCUT2D eigenvalue weighted by atomic mass is 32.2. The van der Waals surface area contributed by atoms with Crippen LogP contribution >= 0.6 is 11.8 Å². The number of nitrogens with one attached hydrogen (secondary N) is 2. The minimum atomic E-state index is -0.154. The summed E-state index contributed by atoms with van der Waals surface area (Å²) in [5, 5.41) is 11.4. The number of thioether (sulfide) groups is 1. The smallest absolute Gasteiger partial charge is 0.255 e. The molecule has 24 heavy (non-hydrogen) atoms. The van der Waals surface area contributed by atoms with E-state index in [-0.39, 0.29) is 17.9 Å². The Morgan fingerprint density at radius 3 is 2.67 bits per heavy atom. The van der Waals surface area contributed by atoms with Gasteiger partial charge in [0, 0.05) is 11.4 Å². The summed E-state index contributed by atoms with van der Waals surface area (Å²) in [6.07, 6.45) is 1.94. The molecule has 0 saturated carbocycles. The maximum Gasteiger partial charge on any atom is 0.255 e. The van der Waals surface area contributed by atoms with Crippen molar-refractivity contribution in [2.75, 3.05) is 16.9 Å². The number of hydrogen-bond donors (Lipinski definition) is 2. The Morgan fingerprint density at radius 2 is 2.04 bits per heavy atom. The molecule has 2 aromatic rings. The van der Waals surface area contributed by atoms with Gasteiger partial charge in [0.15, 0.2) is 0 Å². The van der Waals surface area contributed by atoms with Crippen molar-refractivity contribution in [3.63, 3.8) is 0 Å². The molecule has 0 aliphatic carbocycles. The van der Waals surface area contributed by atoms with Crippen LogP contribution in [0, 0.1) is 5.92 Å². The molecule has 0 unspecified atom stereocenters. The maximum atomic E-state index is 12.9. The average molecular weight is 343 g/mol. The molecular formula is C17H21N5OS. The number of nitrogens with zero attached hydrogens (tertiary/aromatic N) is 3. The second-order valence-corrected chi connectivity index (χ2v) is 6.81. The first-order chi connectivity index (χ1) is 11.5. The third-order valence-corrected chi connectivity index (χ3v) is 4.50. The van der Waals surface area contributed by atoms with Crippen LogP contribution in [-0.4, -0.2) is 26.9 Å². The lowest BCUT2D eigenvalue weighted by Gasteiger charge is -2.30. The minimum absolute atomic E-state index is 0.114. The third-order valence-electron chi connectivity index (χ3n) is 3.96. The van der Waals surface area contributed by atoms with Gasteiger partial charge in [0.2, 0.25) is 11.1 Å². The van der Waals surface area contributed by atoms with Crippen molar-refractivity contribution in [1.82, 2.24) is 14.8 Å². The first-order valence-electron chi connectivity index (χ1n) is 7.86. The number of rotatable bonds is 4. The molecule has 0 bridgehead atoms. The van der Waals surface area contributed by atoms with Gasteiger partial charge in [0.25, 0.3) is 5.91 Å². The Balaban J connectivity index is 1.96. The van der Waals surface area contributed by atoms with Crippen molar-refractivity contribution in [2.45, 2.75) is 32.0 Å². The van der Waals surface area contributed by atoms with E-state index in [9.17, 15) is 4.79 Å². The summed E-state index contributed by atoms with van der Waals surface area (Å²) in [6, 6.07) is 9.32. The summed E-state index contributed by atoms with van der Waals surface area (Å²) in [4.78, 5) is 17.4. The Bertz CT molecular complexity index is 782. The summed E-state index contributed by atoms with van der Waals surface area (Å²) in [6.45, 7) is 6.08. The number of carbonyl (C=O) groups is 1. The average Bonchev–Trinajstić information content (AvgIpc) is 2.96. The number of anilines is 2. The fourth-order valence-corrected chi connectivity index (χ4v) is 3.24. The number of fused-ring (bicyclic) bond motifs is 1. The zero-order valence-electron chi connectivity index (χ0n) is 14.2. The van der Waals surface area contributed by atoms with E-state index < -0.39 is 0 Å². The largest absolute Gasteiger partial charge is 0.328 e. The predicted octanol–water partition coefficient (Wildman–Crippen LogP) is 3.54. The summed E-state index contributed by atoms with van der Waals surface area (Å²) in [7, 11) is 0. The van der Waals surface area contributed by atoms with Gasteiger partial charge in [0.05, 0.1) is 11.6 Å². The van der Waals surface area contributed by atoms with Crippen molar-refractivity contribution in [3.05, 3.63) is 41.6 Å². The van der Waals surface area contributed by atoms with Gasteiger partial charge in [-0.1, -0.05) is 43.8 Å². The molecule has 0 fully saturated rings. The molecule has 1 aromatic heterocycles. The summed E-state index contributed by atoms with van der Waals surface area (Å²) < 4.78 is 1.82. The van der Waals surface area contributed by atoms with Crippen LogP contribution in [0.3, 0.4) is 0 Å². The van der Waals surface area contributed by atoms with Gasteiger partial charge in [-0.15, -0.1) is 5.10 Å². The monoisotopic (exact) mass is 343 g/mol. The molecule has 1 atom stereocenters. The van der Waals surface area contributed by atoms with Gasteiger partial charge in [-0.2, -0.15) is 4.98 Å². The van der Waals surface area contributed by atoms with Crippen LogP contribution < -0.4 is 10.6 Å². The molecule has 2 heterocycles. The number of benzene rings is 1. The van der Waals surface area contributed by atoms with Crippen molar-refractivity contribution in [3.8, 4) is 0 Å². The molecular weight excluding hydrogens is 322 g/mol. The number of hydrogen-bond acceptors (Lipinski definition) is 5. The second kappa shape index (κ2) is 6.68. The van der Waals surface area contributed by atoms with E-state index in [2.05, 4.69) is 34.6 Å². The number of para-hydroxylation sites is 1. The van der Waals surface area contributed by atoms with Crippen LogP contribution in [0.15, 0.2) is 46.8 Å². The van der Waals surface area contributed by atoms with Crippen LogP contribution in [-0.2, 0) is 4.79 Å².